The van der Waals surface area contributed by atoms with E-state index in [1.54, 1.807) is 6.20 Å². The average molecular weight is 392 g/mol. The molecule has 3 fully saturated rings. The Morgan fingerprint density at radius 1 is 1.41 bits per heavy atom. The molecule has 0 unspecified atom stereocenters. The molecule has 0 aromatic carbocycles. The Labute approximate surface area is 158 Å². The smallest absolute Gasteiger partial charge is 0.208 e. The first-order chi connectivity index (χ1) is 12.9. The second kappa shape index (κ2) is 6.16. The molecular formula is C18H24N4O4S. The molecular weight excluding hydrogens is 368 g/mol. The van der Waals surface area contributed by atoms with Gasteiger partial charge in [0.25, 0.3) is 0 Å². The topological polar surface area (TPSA) is 100 Å². The quantitative estimate of drug-likeness (QED) is 0.766. The molecule has 3 saturated heterocycles. The highest BCUT2D eigenvalue weighted by Gasteiger charge is 2.62. The van der Waals surface area contributed by atoms with Crippen molar-refractivity contribution in [1.82, 2.24) is 19.8 Å². The number of nitrogens with zero attached hydrogens (tertiary/aromatic N) is 2. The van der Waals surface area contributed by atoms with E-state index in [0.717, 1.165) is 49.7 Å². The molecule has 4 atom stereocenters. The zero-order valence-corrected chi connectivity index (χ0v) is 16.0. The Balaban J connectivity index is 1.28. The van der Waals surface area contributed by atoms with Gasteiger partial charge in [-0.15, -0.1) is 0 Å². The summed E-state index contributed by atoms with van der Waals surface area (Å²) in [6, 6.07) is 5.84. The zero-order valence-electron chi connectivity index (χ0n) is 15.2. The molecule has 0 saturated carbocycles. The third-order valence-corrected chi connectivity index (χ3v) is 6.93. The number of sulfonamides is 1. The summed E-state index contributed by atoms with van der Waals surface area (Å²) in [6.45, 7) is 2.98. The lowest BCUT2D eigenvalue weighted by Crippen LogP contribution is -2.41. The molecule has 2 aromatic heterocycles. The lowest BCUT2D eigenvalue weighted by Gasteiger charge is -2.29. The van der Waals surface area contributed by atoms with E-state index in [-0.39, 0.29) is 17.6 Å². The third kappa shape index (κ3) is 3.12. The highest BCUT2D eigenvalue weighted by molar-refractivity contribution is 7.88. The number of hydrogen-bond acceptors (Lipinski definition) is 6. The summed E-state index contributed by atoms with van der Waals surface area (Å²) in [5.41, 5.74) is 0.750. The minimum absolute atomic E-state index is 0.118. The van der Waals surface area contributed by atoms with E-state index in [1.807, 2.05) is 18.2 Å². The first-order valence-electron chi connectivity index (χ1n) is 9.35. The maximum Gasteiger partial charge on any atom is 0.208 e. The number of likely N-dealkylation sites (tertiary alicyclic amines) is 1. The predicted molar refractivity (Wildman–Crippen MR) is 98.2 cm³/mol. The van der Waals surface area contributed by atoms with Gasteiger partial charge in [-0.3, -0.25) is 10.00 Å². The van der Waals surface area contributed by atoms with Crippen LogP contribution in [0.2, 0.25) is 0 Å². The second-order valence-corrected chi connectivity index (χ2v) is 9.89. The van der Waals surface area contributed by atoms with Gasteiger partial charge < -0.3 is 9.15 Å². The lowest BCUT2D eigenvalue weighted by molar-refractivity contribution is 0.00177. The van der Waals surface area contributed by atoms with Crippen molar-refractivity contribution in [3.63, 3.8) is 0 Å². The minimum Gasteiger partial charge on any atom is -0.458 e. The number of aromatic nitrogens is 2. The second-order valence-electron chi connectivity index (χ2n) is 8.06. The van der Waals surface area contributed by atoms with Gasteiger partial charge >= 0.3 is 0 Å². The Morgan fingerprint density at radius 3 is 3.07 bits per heavy atom. The van der Waals surface area contributed by atoms with Crippen LogP contribution in [0.4, 0.5) is 0 Å². The van der Waals surface area contributed by atoms with Gasteiger partial charge in [0.1, 0.15) is 11.5 Å². The van der Waals surface area contributed by atoms with Crippen molar-refractivity contribution in [2.75, 3.05) is 25.9 Å². The van der Waals surface area contributed by atoms with E-state index in [4.69, 9.17) is 9.15 Å². The van der Waals surface area contributed by atoms with E-state index in [9.17, 15) is 8.42 Å². The summed E-state index contributed by atoms with van der Waals surface area (Å²) in [4.78, 5) is 2.37. The molecule has 8 nitrogen and oxygen atoms in total. The van der Waals surface area contributed by atoms with Crippen molar-refractivity contribution in [2.24, 2.45) is 11.8 Å². The molecule has 0 radical (unpaired) electrons. The van der Waals surface area contributed by atoms with Gasteiger partial charge in [0.2, 0.25) is 10.0 Å². The largest absolute Gasteiger partial charge is 0.458 e. The number of furan rings is 1. The first-order valence-corrected chi connectivity index (χ1v) is 11.2. The van der Waals surface area contributed by atoms with Gasteiger partial charge in [-0.2, -0.15) is 5.10 Å². The van der Waals surface area contributed by atoms with Crippen molar-refractivity contribution >= 4 is 10.0 Å². The summed E-state index contributed by atoms with van der Waals surface area (Å²) in [5.74, 6) is 2.31. The number of H-pyrrole nitrogens is 1. The number of rotatable bonds is 6. The maximum absolute atomic E-state index is 11.5. The molecule has 3 aliphatic rings. The number of aromatic amines is 1. The molecule has 5 rings (SSSR count). The predicted octanol–water partition coefficient (Wildman–Crippen LogP) is 1.20. The van der Waals surface area contributed by atoms with Crippen LogP contribution in [0.5, 0.6) is 0 Å². The monoisotopic (exact) mass is 392 g/mol. The van der Waals surface area contributed by atoms with E-state index >= 15 is 0 Å². The van der Waals surface area contributed by atoms with E-state index in [2.05, 4.69) is 19.8 Å². The molecule has 9 heteroatoms. The first kappa shape index (κ1) is 17.4. The van der Waals surface area contributed by atoms with Crippen LogP contribution >= 0.6 is 0 Å². The molecule has 2 N–H and O–H groups in total. The Hall–Kier alpha value is -1.68. The van der Waals surface area contributed by atoms with Gasteiger partial charge in [0.15, 0.2) is 5.76 Å². The van der Waals surface area contributed by atoms with Crippen LogP contribution in [-0.2, 0) is 21.3 Å². The molecule has 2 aromatic rings. The summed E-state index contributed by atoms with van der Waals surface area (Å²) in [6.07, 6.45) is 5.18. The lowest BCUT2D eigenvalue weighted by atomic mass is 9.74. The Bertz CT molecular complexity index is 925. The van der Waals surface area contributed by atoms with Gasteiger partial charge in [-0.05, 0) is 31.0 Å². The molecule has 2 bridgehead atoms. The van der Waals surface area contributed by atoms with Crippen LogP contribution in [0, 0.1) is 11.8 Å². The van der Waals surface area contributed by atoms with Crippen LogP contribution in [-0.4, -0.2) is 61.1 Å². The molecule has 1 spiro atoms. The van der Waals surface area contributed by atoms with Crippen LogP contribution in [0.15, 0.2) is 28.8 Å². The number of hydrogen-bond donors (Lipinski definition) is 2. The molecule has 0 amide bonds. The summed E-state index contributed by atoms with van der Waals surface area (Å²) >= 11 is 0. The molecule has 3 aliphatic heterocycles. The van der Waals surface area contributed by atoms with Crippen LogP contribution < -0.4 is 4.72 Å². The van der Waals surface area contributed by atoms with E-state index < -0.39 is 10.0 Å². The average Bonchev–Trinajstić information content (AvgIpc) is 3.38. The molecule has 0 aliphatic carbocycles. The van der Waals surface area contributed by atoms with Crippen LogP contribution in [0.1, 0.15) is 18.6 Å². The molecule has 146 valence electrons. The Morgan fingerprint density at radius 2 is 2.30 bits per heavy atom. The van der Waals surface area contributed by atoms with Crippen molar-refractivity contribution in [3.8, 4) is 11.5 Å². The van der Waals surface area contributed by atoms with E-state index in [0.29, 0.717) is 12.5 Å². The van der Waals surface area contributed by atoms with Crippen molar-refractivity contribution in [2.45, 2.75) is 31.1 Å². The van der Waals surface area contributed by atoms with Gasteiger partial charge in [0, 0.05) is 37.7 Å². The fourth-order valence-corrected chi connectivity index (χ4v) is 5.64. The standard InChI is InChI=1S/C18H24N4O4S/c1-27(23,24)20-8-13-14-10-22(11-18(14)6-4-16(13)26-18)9-12-2-3-17(25-12)15-5-7-19-21-15/h2-3,5,7,13-14,16,20H,4,6,8-11H2,1H3,(H,19,21)/t13-,14+,16+,18+/m0/s1. The summed E-state index contributed by atoms with van der Waals surface area (Å²) in [5, 5.41) is 6.87. The normalized spacial score (nSPS) is 33.0. The van der Waals surface area contributed by atoms with Crippen molar-refractivity contribution in [1.29, 1.82) is 0 Å². The fourth-order valence-electron chi connectivity index (χ4n) is 5.15. The molecule has 27 heavy (non-hydrogen) atoms. The van der Waals surface area contributed by atoms with Crippen LogP contribution in [0.25, 0.3) is 11.5 Å². The Kier molecular flexibility index (Phi) is 3.98. The highest BCUT2D eigenvalue weighted by atomic mass is 32.2. The van der Waals surface area contributed by atoms with Gasteiger partial charge in [0.05, 0.1) is 24.5 Å². The summed E-state index contributed by atoms with van der Waals surface area (Å²) in [7, 11) is -3.18. The number of nitrogens with one attached hydrogen (secondary N) is 2. The SMILES string of the molecule is CS(=O)(=O)NC[C@H]1[C@H]2CN(Cc3ccc(-c4ccn[nH]4)o3)C[C@]23CC[C@H]1O3. The molecule has 5 heterocycles. The van der Waals surface area contributed by atoms with E-state index in [1.165, 1.54) is 6.26 Å². The van der Waals surface area contributed by atoms with Gasteiger partial charge in [-0.1, -0.05) is 0 Å². The minimum atomic E-state index is -3.18. The number of fused-ring (bicyclic) bond motifs is 1. The maximum atomic E-state index is 11.5. The highest BCUT2D eigenvalue weighted by Crippen LogP contribution is 2.54. The van der Waals surface area contributed by atoms with Crippen molar-refractivity contribution < 1.29 is 17.6 Å². The van der Waals surface area contributed by atoms with Crippen LogP contribution in [0.3, 0.4) is 0 Å². The summed E-state index contributed by atoms with van der Waals surface area (Å²) < 4.78 is 38.0. The third-order valence-electron chi connectivity index (χ3n) is 6.24. The zero-order chi connectivity index (χ0) is 18.6. The number of ether oxygens (including phenoxy) is 1. The van der Waals surface area contributed by atoms with Gasteiger partial charge in [-0.25, -0.2) is 13.1 Å². The van der Waals surface area contributed by atoms with Crippen molar-refractivity contribution in [3.05, 3.63) is 30.2 Å². The fraction of sp³-hybridized carbons (Fsp3) is 0.611.